The minimum Gasteiger partial charge on any atom is -0.334 e. The maximum Gasteiger partial charge on any atom is 0.317 e. The summed E-state index contributed by atoms with van der Waals surface area (Å²) in [6.45, 7) is 4.12. The van der Waals surface area contributed by atoms with Crippen LogP contribution in [0.2, 0.25) is 0 Å². The summed E-state index contributed by atoms with van der Waals surface area (Å²) < 4.78 is 0. The number of rotatable bonds is 5. The van der Waals surface area contributed by atoms with Crippen molar-refractivity contribution in [2.75, 3.05) is 13.1 Å². The number of urea groups is 1. The second-order valence-electron chi connectivity index (χ2n) is 7.30. The number of benzene rings is 1. The van der Waals surface area contributed by atoms with Gasteiger partial charge in [-0.05, 0) is 37.0 Å². The summed E-state index contributed by atoms with van der Waals surface area (Å²) in [5, 5.41) is 10.3. The van der Waals surface area contributed by atoms with E-state index in [1.807, 2.05) is 29.2 Å². The van der Waals surface area contributed by atoms with Crippen LogP contribution in [0, 0.1) is 12.8 Å². The Balaban J connectivity index is 1.27. The third-order valence-corrected chi connectivity index (χ3v) is 5.07. The number of carbonyl (C=O) groups excluding carboxylic acids is 1. The molecular formula is C21H24N6O. The summed E-state index contributed by atoms with van der Waals surface area (Å²) in [6, 6.07) is 12.0. The van der Waals surface area contributed by atoms with E-state index in [9.17, 15) is 4.79 Å². The van der Waals surface area contributed by atoms with Crippen LogP contribution in [0.1, 0.15) is 23.4 Å². The molecule has 1 fully saturated rings. The monoisotopic (exact) mass is 376 g/mol. The van der Waals surface area contributed by atoms with Crippen LogP contribution in [0.25, 0.3) is 11.4 Å². The number of pyridine rings is 1. The summed E-state index contributed by atoms with van der Waals surface area (Å²) in [6.07, 6.45) is 5.24. The van der Waals surface area contributed by atoms with Gasteiger partial charge in [-0.2, -0.15) is 5.10 Å². The van der Waals surface area contributed by atoms with Gasteiger partial charge >= 0.3 is 6.03 Å². The number of aromatic nitrogens is 4. The van der Waals surface area contributed by atoms with Crippen LogP contribution < -0.4 is 5.32 Å². The van der Waals surface area contributed by atoms with E-state index >= 15 is 0 Å². The SMILES string of the molecule is Cc1ccc(CNC(=O)N2CCC(Cc3nc(-c4cccnc4)n[nH]3)C2)cc1. The molecule has 1 aromatic carbocycles. The molecule has 1 saturated heterocycles. The normalized spacial score (nSPS) is 16.3. The standard InChI is InChI=1S/C21H24N6O/c1-15-4-6-16(7-5-15)12-23-21(28)27-10-8-17(14-27)11-19-24-20(26-25-19)18-3-2-9-22-13-18/h2-7,9,13,17H,8,10-12,14H2,1H3,(H,23,28)(H,24,25,26). The average molecular weight is 376 g/mol. The smallest absolute Gasteiger partial charge is 0.317 e. The summed E-state index contributed by atoms with van der Waals surface area (Å²) >= 11 is 0. The Morgan fingerprint density at radius 1 is 1.29 bits per heavy atom. The maximum absolute atomic E-state index is 12.4. The highest BCUT2D eigenvalue weighted by atomic mass is 16.2. The summed E-state index contributed by atoms with van der Waals surface area (Å²) in [7, 11) is 0. The summed E-state index contributed by atoms with van der Waals surface area (Å²) in [5.41, 5.74) is 3.23. The summed E-state index contributed by atoms with van der Waals surface area (Å²) in [4.78, 5) is 23.0. The zero-order chi connectivity index (χ0) is 19.3. The van der Waals surface area contributed by atoms with E-state index in [-0.39, 0.29) is 6.03 Å². The van der Waals surface area contributed by atoms with Crippen molar-refractivity contribution >= 4 is 6.03 Å². The van der Waals surface area contributed by atoms with Gasteiger partial charge in [0.15, 0.2) is 5.82 Å². The van der Waals surface area contributed by atoms with Gasteiger partial charge < -0.3 is 10.2 Å². The third-order valence-electron chi connectivity index (χ3n) is 5.07. The van der Waals surface area contributed by atoms with Gasteiger partial charge in [0, 0.05) is 44.0 Å². The molecule has 7 nitrogen and oxygen atoms in total. The molecule has 2 amide bonds. The topological polar surface area (TPSA) is 86.8 Å². The van der Waals surface area contributed by atoms with Gasteiger partial charge in [0.2, 0.25) is 0 Å². The number of likely N-dealkylation sites (tertiary alicyclic amines) is 1. The highest BCUT2D eigenvalue weighted by Crippen LogP contribution is 2.21. The van der Waals surface area contributed by atoms with Gasteiger partial charge in [-0.15, -0.1) is 0 Å². The molecule has 3 aromatic rings. The van der Waals surface area contributed by atoms with E-state index in [2.05, 4.69) is 44.5 Å². The predicted molar refractivity (Wildman–Crippen MR) is 106 cm³/mol. The Labute approximate surface area is 164 Å². The van der Waals surface area contributed by atoms with E-state index in [1.165, 1.54) is 5.56 Å². The molecule has 1 atom stereocenters. The Morgan fingerprint density at radius 3 is 2.93 bits per heavy atom. The fraction of sp³-hybridized carbons (Fsp3) is 0.333. The Bertz CT molecular complexity index is 922. The van der Waals surface area contributed by atoms with Crippen molar-refractivity contribution in [3.8, 4) is 11.4 Å². The second-order valence-corrected chi connectivity index (χ2v) is 7.30. The van der Waals surface area contributed by atoms with Crippen molar-refractivity contribution < 1.29 is 4.79 Å². The van der Waals surface area contributed by atoms with Crippen LogP contribution in [-0.2, 0) is 13.0 Å². The van der Waals surface area contributed by atoms with Crippen molar-refractivity contribution in [3.05, 3.63) is 65.7 Å². The van der Waals surface area contributed by atoms with Crippen LogP contribution in [-0.4, -0.2) is 44.2 Å². The largest absolute Gasteiger partial charge is 0.334 e. The minimum absolute atomic E-state index is 0.00306. The van der Waals surface area contributed by atoms with Gasteiger partial charge in [-0.1, -0.05) is 29.8 Å². The molecule has 28 heavy (non-hydrogen) atoms. The molecule has 1 aliphatic rings. The molecule has 0 radical (unpaired) electrons. The maximum atomic E-state index is 12.4. The predicted octanol–water partition coefficient (Wildman–Crippen LogP) is 2.95. The van der Waals surface area contributed by atoms with Crippen LogP contribution in [0.3, 0.4) is 0 Å². The van der Waals surface area contributed by atoms with Gasteiger partial charge in [-0.25, -0.2) is 9.78 Å². The second kappa shape index (κ2) is 8.21. The van der Waals surface area contributed by atoms with Crippen molar-refractivity contribution in [2.24, 2.45) is 5.92 Å². The lowest BCUT2D eigenvalue weighted by molar-refractivity contribution is 0.206. The van der Waals surface area contributed by atoms with Gasteiger partial charge in [0.25, 0.3) is 0 Å². The van der Waals surface area contributed by atoms with Crippen LogP contribution in [0.15, 0.2) is 48.8 Å². The van der Waals surface area contributed by atoms with Crippen molar-refractivity contribution in [1.82, 2.24) is 30.4 Å². The van der Waals surface area contributed by atoms with Crippen LogP contribution in [0.5, 0.6) is 0 Å². The number of H-pyrrole nitrogens is 1. The first kappa shape index (κ1) is 18.2. The molecule has 4 rings (SSSR count). The first-order valence-corrected chi connectivity index (χ1v) is 9.57. The average Bonchev–Trinajstić information content (AvgIpc) is 3.38. The van der Waals surface area contributed by atoms with Gasteiger partial charge in [0.1, 0.15) is 5.82 Å². The molecule has 2 N–H and O–H groups in total. The molecule has 0 aliphatic carbocycles. The van der Waals surface area contributed by atoms with E-state index in [1.54, 1.807) is 12.4 Å². The summed E-state index contributed by atoms with van der Waals surface area (Å²) in [5.74, 6) is 1.90. The van der Waals surface area contributed by atoms with Crippen LogP contribution >= 0.6 is 0 Å². The molecule has 3 heterocycles. The lowest BCUT2D eigenvalue weighted by atomic mass is 10.1. The number of amides is 2. The number of hydrogen-bond donors (Lipinski definition) is 2. The Morgan fingerprint density at radius 2 is 2.14 bits per heavy atom. The number of aryl methyl sites for hydroxylation is 1. The zero-order valence-electron chi connectivity index (χ0n) is 15.9. The van der Waals surface area contributed by atoms with Gasteiger partial charge in [-0.3, -0.25) is 10.1 Å². The lowest BCUT2D eigenvalue weighted by Gasteiger charge is -2.17. The van der Waals surface area contributed by atoms with E-state index < -0.39 is 0 Å². The number of aromatic amines is 1. The first-order chi connectivity index (χ1) is 13.7. The zero-order valence-corrected chi connectivity index (χ0v) is 15.9. The number of carbonyl (C=O) groups is 1. The van der Waals surface area contributed by atoms with Crippen molar-refractivity contribution in [1.29, 1.82) is 0 Å². The van der Waals surface area contributed by atoms with Crippen molar-refractivity contribution in [3.63, 3.8) is 0 Å². The molecular weight excluding hydrogens is 352 g/mol. The van der Waals surface area contributed by atoms with E-state index in [0.29, 0.717) is 18.3 Å². The Kier molecular flexibility index (Phi) is 5.32. The first-order valence-electron chi connectivity index (χ1n) is 9.57. The minimum atomic E-state index is -0.00306. The molecule has 0 spiro atoms. The number of nitrogens with zero attached hydrogens (tertiary/aromatic N) is 4. The van der Waals surface area contributed by atoms with E-state index in [0.717, 1.165) is 42.9 Å². The molecule has 2 aromatic heterocycles. The molecule has 1 unspecified atom stereocenters. The number of hydrogen-bond acceptors (Lipinski definition) is 4. The molecule has 1 aliphatic heterocycles. The van der Waals surface area contributed by atoms with E-state index in [4.69, 9.17) is 0 Å². The van der Waals surface area contributed by atoms with Gasteiger partial charge in [0.05, 0.1) is 0 Å². The molecule has 0 bridgehead atoms. The molecule has 0 saturated carbocycles. The van der Waals surface area contributed by atoms with Crippen LogP contribution in [0.4, 0.5) is 4.79 Å². The Hall–Kier alpha value is -3.22. The quantitative estimate of drug-likeness (QED) is 0.717. The highest BCUT2D eigenvalue weighted by molar-refractivity contribution is 5.74. The number of nitrogens with one attached hydrogen (secondary N) is 2. The third kappa shape index (κ3) is 4.36. The fourth-order valence-corrected chi connectivity index (χ4v) is 3.46. The lowest BCUT2D eigenvalue weighted by Crippen LogP contribution is -2.38. The fourth-order valence-electron chi connectivity index (χ4n) is 3.46. The molecule has 144 valence electrons. The van der Waals surface area contributed by atoms with Crippen molar-refractivity contribution in [2.45, 2.75) is 26.3 Å². The molecule has 7 heteroatoms. The highest BCUT2D eigenvalue weighted by Gasteiger charge is 2.27.